The smallest absolute Gasteiger partial charge is 0.204 e. The van der Waals surface area contributed by atoms with Crippen LogP contribution in [0.4, 0.5) is 0 Å². The lowest BCUT2D eigenvalue weighted by molar-refractivity contribution is 0.524. The maximum absolute atomic E-state index is 4.94. The molecule has 0 aromatic carbocycles. The fourth-order valence-electron chi connectivity index (χ4n) is 1.02. The molecule has 54 valence electrons. The lowest BCUT2D eigenvalue weighted by atomic mass is 10.4. The van der Waals surface area contributed by atoms with Crippen LogP contribution in [-0.2, 0) is 0 Å². The molecule has 1 rings (SSSR count). The first kappa shape index (κ1) is 7.79. The minimum atomic E-state index is 0.590. The molecule has 0 amide bonds. The summed E-state index contributed by atoms with van der Waals surface area (Å²) in [6, 6.07) is 0. The molecule has 0 unspecified atom stereocenters. The van der Waals surface area contributed by atoms with Gasteiger partial charge in [0, 0.05) is 13.1 Å². The topological polar surface area (TPSA) is 15.6 Å². The fourth-order valence-corrected chi connectivity index (χ4v) is 1.39. The van der Waals surface area contributed by atoms with Crippen LogP contribution in [0, 0.1) is 0 Å². The van der Waals surface area contributed by atoms with E-state index in [0.29, 0.717) is 5.11 Å². The molecule has 4 heteroatoms. The third-order valence-corrected chi connectivity index (χ3v) is 1.96. The second-order valence-corrected chi connectivity index (χ2v) is 2.73. The molecule has 0 aromatic rings. The third kappa shape index (κ3) is 1.84. The number of isothiocyanates is 1. The van der Waals surface area contributed by atoms with E-state index in [0.717, 1.165) is 13.1 Å². The summed E-state index contributed by atoms with van der Waals surface area (Å²) < 4.78 is 0. The van der Waals surface area contributed by atoms with Crippen molar-refractivity contribution in [3.63, 3.8) is 0 Å². The highest BCUT2D eigenvalue weighted by molar-refractivity contribution is 7.80. The minimum Gasteiger partial charge on any atom is -0.347 e. The van der Waals surface area contributed by atoms with Crippen LogP contribution in [0.25, 0.3) is 0 Å². The van der Waals surface area contributed by atoms with Crippen LogP contribution < -0.4 is 0 Å². The van der Waals surface area contributed by atoms with Crippen molar-refractivity contribution in [2.75, 3.05) is 13.1 Å². The maximum Gasteiger partial charge on any atom is 0.204 e. The van der Waals surface area contributed by atoms with Crippen LogP contribution in [0.15, 0.2) is 4.99 Å². The van der Waals surface area contributed by atoms with Crippen molar-refractivity contribution in [3.05, 3.63) is 0 Å². The van der Waals surface area contributed by atoms with Crippen LogP contribution >= 0.6 is 24.4 Å². The van der Waals surface area contributed by atoms with Gasteiger partial charge >= 0.3 is 0 Å². The van der Waals surface area contributed by atoms with Crippen molar-refractivity contribution in [2.24, 2.45) is 4.99 Å². The Morgan fingerprint density at radius 2 is 2.00 bits per heavy atom. The van der Waals surface area contributed by atoms with Gasteiger partial charge in [0.25, 0.3) is 0 Å². The van der Waals surface area contributed by atoms with Crippen LogP contribution in [0.2, 0.25) is 0 Å². The highest BCUT2D eigenvalue weighted by atomic mass is 32.1. The summed E-state index contributed by atoms with van der Waals surface area (Å²) in [7, 11) is 0. The van der Waals surface area contributed by atoms with Crippen LogP contribution in [0.1, 0.15) is 12.8 Å². The first-order valence-corrected chi connectivity index (χ1v) is 4.03. The van der Waals surface area contributed by atoms with Crippen LogP contribution in [0.5, 0.6) is 0 Å². The molecule has 0 saturated carbocycles. The van der Waals surface area contributed by atoms with E-state index in [1.165, 1.54) is 12.8 Å². The summed E-state index contributed by atoms with van der Waals surface area (Å²) in [6.07, 6.45) is 2.43. The molecular weight excluding hydrogens is 164 g/mol. The lowest BCUT2D eigenvalue weighted by Crippen LogP contribution is -2.23. The lowest BCUT2D eigenvalue weighted by Gasteiger charge is -2.12. The molecule has 1 heterocycles. The molecule has 10 heavy (non-hydrogen) atoms. The average Bonchev–Trinajstić information content (AvgIpc) is 2.38. The van der Waals surface area contributed by atoms with Gasteiger partial charge in [-0.3, -0.25) is 0 Å². The Balaban J connectivity index is 2.47. The van der Waals surface area contributed by atoms with Gasteiger partial charge in [-0.1, -0.05) is 0 Å². The Kier molecular flexibility index (Phi) is 2.93. The second kappa shape index (κ2) is 3.76. The van der Waals surface area contributed by atoms with Crippen molar-refractivity contribution in [3.8, 4) is 0 Å². The molecule has 2 nitrogen and oxygen atoms in total. The van der Waals surface area contributed by atoms with Gasteiger partial charge in [0.1, 0.15) is 0 Å². The van der Waals surface area contributed by atoms with Gasteiger partial charge in [-0.15, -0.1) is 0 Å². The number of hydrogen-bond donors (Lipinski definition) is 0. The van der Waals surface area contributed by atoms with Gasteiger partial charge in [-0.2, -0.15) is 4.99 Å². The first-order chi connectivity index (χ1) is 4.84. The molecule has 1 aliphatic heterocycles. The monoisotopic (exact) mass is 172 g/mol. The Bertz CT molecular complexity index is 178. The zero-order valence-electron chi connectivity index (χ0n) is 5.54. The van der Waals surface area contributed by atoms with E-state index < -0.39 is 0 Å². The van der Waals surface area contributed by atoms with E-state index in [9.17, 15) is 0 Å². The molecule has 1 saturated heterocycles. The molecule has 1 fully saturated rings. The Labute approximate surface area is 70.9 Å². The predicted octanol–water partition coefficient (Wildman–Crippen LogP) is 1.47. The largest absolute Gasteiger partial charge is 0.347 e. The van der Waals surface area contributed by atoms with Crippen molar-refractivity contribution in [1.29, 1.82) is 0 Å². The number of aliphatic imine (C=N–C) groups is 1. The van der Waals surface area contributed by atoms with E-state index in [1.807, 2.05) is 0 Å². The fraction of sp³-hybridized carbons (Fsp3) is 0.667. The second-order valence-electron chi connectivity index (χ2n) is 2.18. The molecule has 0 atom stereocenters. The van der Waals surface area contributed by atoms with Gasteiger partial charge in [0.05, 0.1) is 5.16 Å². The highest BCUT2D eigenvalue weighted by Crippen LogP contribution is 2.08. The maximum atomic E-state index is 4.94. The SMILES string of the molecule is S=C=NC(=S)N1CCCC1. The van der Waals surface area contributed by atoms with E-state index in [-0.39, 0.29) is 0 Å². The standard InChI is InChI=1S/C6H8N2S2/c9-5-7-6(10)8-3-1-2-4-8/h1-4H2. The number of nitrogens with zero attached hydrogens (tertiary/aromatic N) is 2. The number of hydrogen-bond acceptors (Lipinski definition) is 2. The molecule has 0 aliphatic carbocycles. The molecule has 1 aliphatic rings. The van der Waals surface area contributed by atoms with Gasteiger partial charge in [-0.25, -0.2) is 0 Å². The minimum absolute atomic E-state index is 0.590. The van der Waals surface area contributed by atoms with Gasteiger partial charge in [-0.05, 0) is 37.3 Å². The summed E-state index contributed by atoms with van der Waals surface area (Å²) in [6.45, 7) is 2.05. The molecule has 0 radical (unpaired) electrons. The summed E-state index contributed by atoms with van der Waals surface area (Å²) in [5, 5.41) is 2.86. The number of likely N-dealkylation sites (tertiary alicyclic amines) is 1. The Morgan fingerprint density at radius 3 is 2.50 bits per heavy atom. The normalized spacial score (nSPS) is 16.6. The summed E-state index contributed by atoms with van der Waals surface area (Å²) >= 11 is 9.38. The zero-order chi connectivity index (χ0) is 7.40. The van der Waals surface area contributed by atoms with Crippen molar-refractivity contribution in [1.82, 2.24) is 4.90 Å². The first-order valence-electron chi connectivity index (χ1n) is 3.21. The van der Waals surface area contributed by atoms with Gasteiger partial charge in [0.2, 0.25) is 5.11 Å². The molecule has 0 aromatic heterocycles. The van der Waals surface area contributed by atoms with Crippen LogP contribution in [-0.4, -0.2) is 28.3 Å². The highest BCUT2D eigenvalue weighted by Gasteiger charge is 2.12. The Hall–Kier alpha value is -0.310. The van der Waals surface area contributed by atoms with Crippen molar-refractivity contribution < 1.29 is 0 Å². The molecule has 0 bridgehead atoms. The third-order valence-electron chi connectivity index (χ3n) is 1.52. The van der Waals surface area contributed by atoms with E-state index in [1.54, 1.807) is 0 Å². The summed E-state index contributed by atoms with van der Waals surface area (Å²) in [4.78, 5) is 5.78. The van der Waals surface area contributed by atoms with Crippen molar-refractivity contribution >= 4 is 34.7 Å². The number of rotatable bonds is 0. The van der Waals surface area contributed by atoms with Crippen molar-refractivity contribution in [2.45, 2.75) is 12.8 Å². The van der Waals surface area contributed by atoms with Gasteiger partial charge in [0.15, 0.2) is 0 Å². The van der Waals surface area contributed by atoms with Crippen LogP contribution in [0.3, 0.4) is 0 Å². The van der Waals surface area contributed by atoms with E-state index in [2.05, 4.69) is 27.3 Å². The summed E-state index contributed by atoms with van der Waals surface area (Å²) in [5.41, 5.74) is 0. The van der Waals surface area contributed by atoms with E-state index >= 15 is 0 Å². The average molecular weight is 172 g/mol. The molecule has 0 N–H and O–H groups in total. The predicted molar refractivity (Wildman–Crippen MR) is 48.4 cm³/mol. The molecular formula is C6H8N2S2. The zero-order valence-corrected chi connectivity index (χ0v) is 7.17. The quantitative estimate of drug-likeness (QED) is 0.406. The Morgan fingerprint density at radius 1 is 1.40 bits per heavy atom. The number of thiocarbonyl (C=S) groups is 2. The molecule has 0 spiro atoms. The van der Waals surface area contributed by atoms with E-state index in [4.69, 9.17) is 12.2 Å². The van der Waals surface area contributed by atoms with Gasteiger partial charge < -0.3 is 4.90 Å². The summed E-state index contributed by atoms with van der Waals surface area (Å²) in [5.74, 6) is 0.